The number of fused-ring (bicyclic) bond motifs is 1. The molecule has 0 unspecified atom stereocenters. The maximum atomic E-state index is 12.2. The number of H-pyrrole nitrogens is 1. The van der Waals surface area contributed by atoms with Gasteiger partial charge in [-0.2, -0.15) is 5.10 Å². The number of aromatic amines is 1. The van der Waals surface area contributed by atoms with Crippen LogP contribution in [0, 0.1) is 6.92 Å². The number of rotatable bonds is 5. The first-order valence-electron chi connectivity index (χ1n) is 8.92. The van der Waals surface area contributed by atoms with Crippen molar-refractivity contribution in [1.29, 1.82) is 0 Å². The second-order valence-electron chi connectivity index (χ2n) is 6.70. The molecule has 1 amide bonds. The van der Waals surface area contributed by atoms with Gasteiger partial charge in [-0.1, -0.05) is 18.2 Å². The Labute approximate surface area is 157 Å². The summed E-state index contributed by atoms with van der Waals surface area (Å²) in [6.45, 7) is 2.08. The number of aryl methyl sites for hydroxylation is 4. The molecule has 6 nitrogen and oxygen atoms in total. The van der Waals surface area contributed by atoms with E-state index in [-0.39, 0.29) is 5.91 Å². The van der Waals surface area contributed by atoms with E-state index in [4.69, 9.17) is 0 Å². The van der Waals surface area contributed by atoms with Crippen molar-refractivity contribution in [3.05, 3.63) is 77.4 Å². The number of aromatic nitrogens is 4. The summed E-state index contributed by atoms with van der Waals surface area (Å²) in [4.78, 5) is 20.2. The van der Waals surface area contributed by atoms with Crippen LogP contribution in [0.2, 0.25) is 0 Å². The standard InChI is InChI=1S/C21H21N5O/c1-14-3-9-17-18(13-14)25-20(24-17)10-6-15-4-7-16(8-5-15)23-21(27)19-11-12-22-26(19)2/h3-5,7-9,11-13H,6,10H2,1-2H3,(H,23,27)(H,24,25). The molecule has 0 radical (unpaired) electrons. The number of imidazole rings is 1. The number of anilines is 1. The number of hydrogen-bond acceptors (Lipinski definition) is 3. The molecule has 2 heterocycles. The molecule has 0 saturated carbocycles. The second kappa shape index (κ2) is 7.07. The topological polar surface area (TPSA) is 75.6 Å². The first-order chi connectivity index (χ1) is 13.1. The van der Waals surface area contributed by atoms with E-state index in [1.54, 1.807) is 24.0 Å². The third kappa shape index (κ3) is 3.74. The molecular formula is C21H21N5O. The molecular weight excluding hydrogens is 338 g/mol. The first-order valence-corrected chi connectivity index (χ1v) is 8.92. The average Bonchev–Trinajstić information content (AvgIpc) is 3.26. The van der Waals surface area contributed by atoms with Crippen molar-refractivity contribution in [2.24, 2.45) is 7.05 Å². The molecule has 2 aromatic heterocycles. The normalized spacial score (nSPS) is 11.0. The summed E-state index contributed by atoms with van der Waals surface area (Å²) >= 11 is 0. The molecule has 4 aromatic rings. The van der Waals surface area contributed by atoms with E-state index in [0.29, 0.717) is 5.69 Å². The van der Waals surface area contributed by atoms with Crippen LogP contribution in [0.15, 0.2) is 54.7 Å². The molecule has 4 rings (SSSR count). The van der Waals surface area contributed by atoms with Gasteiger partial charge < -0.3 is 10.3 Å². The lowest BCUT2D eigenvalue weighted by Crippen LogP contribution is -2.16. The van der Waals surface area contributed by atoms with Gasteiger partial charge in [-0.15, -0.1) is 0 Å². The van der Waals surface area contributed by atoms with Gasteiger partial charge in [0.05, 0.1) is 11.0 Å². The predicted molar refractivity (Wildman–Crippen MR) is 106 cm³/mol. The fourth-order valence-corrected chi connectivity index (χ4v) is 3.10. The highest BCUT2D eigenvalue weighted by molar-refractivity contribution is 6.02. The average molecular weight is 359 g/mol. The number of nitrogens with zero attached hydrogens (tertiary/aromatic N) is 3. The Hall–Kier alpha value is -3.41. The van der Waals surface area contributed by atoms with Gasteiger partial charge in [-0.05, 0) is 54.8 Å². The number of benzene rings is 2. The van der Waals surface area contributed by atoms with Gasteiger partial charge >= 0.3 is 0 Å². The van der Waals surface area contributed by atoms with Crippen molar-refractivity contribution < 1.29 is 4.79 Å². The Bertz CT molecular complexity index is 1090. The minimum absolute atomic E-state index is 0.166. The Kier molecular flexibility index (Phi) is 4.46. The highest BCUT2D eigenvalue weighted by Gasteiger charge is 2.10. The molecule has 27 heavy (non-hydrogen) atoms. The van der Waals surface area contributed by atoms with Crippen LogP contribution in [0.5, 0.6) is 0 Å². The maximum Gasteiger partial charge on any atom is 0.273 e. The van der Waals surface area contributed by atoms with Gasteiger partial charge in [0.15, 0.2) is 0 Å². The molecule has 0 fully saturated rings. The predicted octanol–water partition coefficient (Wildman–Crippen LogP) is 3.64. The summed E-state index contributed by atoms with van der Waals surface area (Å²) in [5, 5.41) is 6.90. The third-order valence-electron chi connectivity index (χ3n) is 4.60. The molecule has 0 spiro atoms. The smallest absolute Gasteiger partial charge is 0.273 e. The van der Waals surface area contributed by atoms with Crippen LogP contribution in [0.3, 0.4) is 0 Å². The van der Waals surface area contributed by atoms with Crippen LogP contribution >= 0.6 is 0 Å². The lowest BCUT2D eigenvalue weighted by atomic mass is 10.1. The Morgan fingerprint density at radius 3 is 2.67 bits per heavy atom. The van der Waals surface area contributed by atoms with Gasteiger partial charge in [0.2, 0.25) is 0 Å². The minimum Gasteiger partial charge on any atom is -0.342 e. The number of nitrogens with one attached hydrogen (secondary N) is 2. The van der Waals surface area contributed by atoms with Gasteiger partial charge in [0.1, 0.15) is 11.5 Å². The summed E-state index contributed by atoms with van der Waals surface area (Å²) < 4.78 is 1.55. The maximum absolute atomic E-state index is 12.2. The fourth-order valence-electron chi connectivity index (χ4n) is 3.10. The van der Waals surface area contributed by atoms with Crippen molar-refractivity contribution in [2.75, 3.05) is 5.32 Å². The summed E-state index contributed by atoms with van der Waals surface area (Å²) in [7, 11) is 1.75. The number of carbonyl (C=O) groups excluding carboxylic acids is 1. The summed E-state index contributed by atoms with van der Waals surface area (Å²) in [6.07, 6.45) is 3.33. The molecule has 0 aliphatic heterocycles. The van der Waals surface area contributed by atoms with E-state index in [0.717, 1.165) is 35.4 Å². The molecule has 0 atom stereocenters. The lowest BCUT2D eigenvalue weighted by Gasteiger charge is -2.06. The van der Waals surface area contributed by atoms with E-state index in [9.17, 15) is 4.79 Å². The van der Waals surface area contributed by atoms with Crippen molar-refractivity contribution in [3.8, 4) is 0 Å². The molecule has 0 saturated heterocycles. The third-order valence-corrected chi connectivity index (χ3v) is 4.60. The number of carbonyl (C=O) groups is 1. The molecule has 2 N–H and O–H groups in total. The van der Waals surface area contributed by atoms with Crippen molar-refractivity contribution in [1.82, 2.24) is 19.7 Å². The Balaban J connectivity index is 1.38. The zero-order chi connectivity index (χ0) is 18.8. The number of amides is 1. The largest absolute Gasteiger partial charge is 0.342 e. The van der Waals surface area contributed by atoms with Crippen molar-refractivity contribution >= 4 is 22.6 Å². The van der Waals surface area contributed by atoms with Crippen molar-refractivity contribution in [2.45, 2.75) is 19.8 Å². The zero-order valence-electron chi connectivity index (χ0n) is 15.4. The van der Waals surface area contributed by atoms with Crippen LogP contribution < -0.4 is 5.32 Å². The molecule has 6 heteroatoms. The van der Waals surface area contributed by atoms with Crippen LogP contribution in [0.4, 0.5) is 5.69 Å². The minimum atomic E-state index is -0.166. The van der Waals surface area contributed by atoms with Crippen LogP contribution in [0.25, 0.3) is 11.0 Å². The summed E-state index contributed by atoms with van der Waals surface area (Å²) in [5.74, 6) is 0.824. The van der Waals surface area contributed by atoms with Gasteiger partial charge in [0.25, 0.3) is 5.91 Å². The fraction of sp³-hybridized carbons (Fsp3) is 0.190. The van der Waals surface area contributed by atoms with Crippen molar-refractivity contribution in [3.63, 3.8) is 0 Å². The Morgan fingerprint density at radius 1 is 1.11 bits per heavy atom. The molecule has 0 bridgehead atoms. The van der Waals surface area contributed by atoms with E-state index in [1.807, 2.05) is 30.3 Å². The summed E-state index contributed by atoms with van der Waals surface area (Å²) in [5.41, 5.74) is 5.80. The first kappa shape index (κ1) is 17.0. The van der Waals surface area contributed by atoms with Crippen LogP contribution in [-0.4, -0.2) is 25.7 Å². The van der Waals surface area contributed by atoms with E-state index >= 15 is 0 Å². The van der Waals surface area contributed by atoms with Crippen LogP contribution in [-0.2, 0) is 19.9 Å². The SMILES string of the molecule is Cc1ccc2nc(CCc3ccc(NC(=O)c4ccnn4C)cc3)[nH]c2c1. The highest BCUT2D eigenvalue weighted by Crippen LogP contribution is 2.16. The second-order valence-corrected chi connectivity index (χ2v) is 6.70. The summed E-state index contributed by atoms with van der Waals surface area (Å²) in [6, 6.07) is 15.8. The van der Waals surface area contributed by atoms with Gasteiger partial charge in [0, 0.05) is 25.4 Å². The van der Waals surface area contributed by atoms with Crippen LogP contribution in [0.1, 0.15) is 27.4 Å². The van der Waals surface area contributed by atoms with E-state index in [2.05, 4.69) is 39.4 Å². The van der Waals surface area contributed by atoms with E-state index in [1.165, 1.54) is 11.1 Å². The van der Waals surface area contributed by atoms with E-state index < -0.39 is 0 Å². The quantitative estimate of drug-likeness (QED) is 0.571. The van der Waals surface area contributed by atoms with Gasteiger partial charge in [-0.3, -0.25) is 9.48 Å². The Morgan fingerprint density at radius 2 is 1.93 bits per heavy atom. The number of hydrogen-bond donors (Lipinski definition) is 2. The molecule has 2 aromatic carbocycles. The molecule has 136 valence electrons. The molecule has 0 aliphatic rings. The monoisotopic (exact) mass is 359 g/mol. The molecule has 0 aliphatic carbocycles. The zero-order valence-corrected chi connectivity index (χ0v) is 15.4. The lowest BCUT2D eigenvalue weighted by molar-refractivity contribution is 0.101. The van der Waals surface area contributed by atoms with Gasteiger partial charge in [-0.25, -0.2) is 4.98 Å². The highest BCUT2D eigenvalue weighted by atomic mass is 16.2.